The van der Waals surface area contributed by atoms with Gasteiger partial charge in [-0.05, 0) is 30.9 Å². The van der Waals surface area contributed by atoms with Crippen LogP contribution in [0.25, 0.3) is 0 Å². The van der Waals surface area contributed by atoms with Crippen LogP contribution in [-0.2, 0) is 9.53 Å². The third-order valence-electron chi connectivity index (χ3n) is 4.72. The van der Waals surface area contributed by atoms with Gasteiger partial charge in [-0.3, -0.25) is 4.79 Å². The maximum atomic E-state index is 12.7. The number of ketones is 1. The van der Waals surface area contributed by atoms with Gasteiger partial charge in [-0.15, -0.1) is 5.10 Å². The van der Waals surface area contributed by atoms with Crippen LogP contribution >= 0.6 is 0 Å². The number of hydrogen-bond donors (Lipinski definition) is 1. The van der Waals surface area contributed by atoms with E-state index in [1.807, 2.05) is 31.2 Å². The van der Waals surface area contributed by atoms with Crippen molar-refractivity contribution in [1.29, 1.82) is 0 Å². The predicted octanol–water partition coefficient (Wildman–Crippen LogP) is 2.40. The normalized spacial score (nSPS) is 19.1. The number of carbonyl (C=O) groups excluding carboxylic acids is 2. The summed E-state index contributed by atoms with van der Waals surface area (Å²) >= 11 is 0. The molecule has 1 aliphatic heterocycles. The number of fused-ring (bicyclic) bond motifs is 1. The molecule has 1 N–H and O–H groups in total. The van der Waals surface area contributed by atoms with Crippen LogP contribution in [0.2, 0.25) is 0 Å². The molecule has 0 spiro atoms. The third-order valence-corrected chi connectivity index (χ3v) is 4.72. The van der Waals surface area contributed by atoms with Crippen LogP contribution in [-0.4, -0.2) is 33.6 Å². The van der Waals surface area contributed by atoms with E-state index in [1.165, 1.54) is 7.11 Å². The maximum Gasteiger partial charge on any atom is 0.378 e. The van der Waals surface area contributed by atoms with Crippen molar-refractivity contribution in [2.45, 2.75) is 32.2 Å². The number of anilines is 1. The largest absolute Gasteiger partial charge is 0.463 e. The lowest BCUT2D eigenvalue weighted by Gasteiger charge is -2.32. The van der Waals surface area contributed by atoms with E-state index in [9.17, 15) is 9.59 Å². The van der Waals surface area contributed by atoms with Crippen LogP contribution in [0, 0.1) is 6.92 Å². The van der Waals surface area contributed by atoms with Crippen molar-refractivity contribution in [2.24, 2.45) is 0 Å². The number of benzene rings is 1. The number of ether oxygens (including phenoxy) is 1. The van der Waals surface area contributed by atoms with Crippen molar-refractivity contribution >= 4 is 17.7 Å². The van der Waals surface area contributed by atoms with Crippen molar-refractivity contribution in [3.05, 3.63) is 52.5 Å². The number of nitrogens with one attached hydrogen (secondary N) is 1. The maximum absolute atomic E-state index is 12.7. The lowest BCUT2D eigenvalue weighted by molar-refractivity contribution is -0.116. The van der Waals surface area contributed by atoms with Gasteiger partial charge in [0.2, 0.25) is 5.95 Å². The molecule has 2 aromatic rings. The molecule has 0 saturated heterocycles. The fraction of sp³-hybridized carbons (Fsp3) is 0.333. The molecule has 0 amide bonds. The van der Waals surface area contributed by atoms with Crippen molar-refractivity contribution < 1.29 is 14.3 Å². The Morgan fingerprint density at radius 3 is 2.88 bits per heavy atom. The number of hydrogen-bond acceptors (Lipinski definition) is 6. The van der Waals surface area contributed by atoms with E-state index in [0.29, 0.717) is 12.4 Å². The molecule has 0 bridgehead atoms. The van der Waals surface area contributed by atoms with Crippen molar-refractivity contribution in [1.82, 2.24) is 14.8 Å². The Labute approximate surface area is 144 Å². The van der Waals surface area contributed by atoms with Gasteiger partial charge in [-0.2, -0.15) is 4.98 Å². The van der Waals surface area contributed by atoms with Crippen LogP contribution in [0.4, 0.5) is 5.95 Å². The summed E-state index contributed by atoms with van der Waals surface area (Å²) < 4.78 is 6.35. The van der Waals surface area contributed by atoms with Crippen molar-refractivity contribution in [3.8, 4) is 0 Å². The zero-order valence-electron chi connectivity index (χ0n) is 14.1. The first-order valence-electron chi connectivity index (χ1n) is 8.24. The van der Waals surface area contributed by atoms with Crippen LogP contribution in [0.3, 0.4) is 0 Å². The van der Waals surface area contributed by atoms with E-state index in [-0.39, 0.29) is 17.6 Å². The molecule has 1 unspecified atom stereocenters. The van der Waals surface area contributed by atoms with Crippen LogP contribution in [0.15, 0.2) is 35.5 Å². The lowest BCUT2D eigenvalue weighted by Crippen LogP contribution is -2.32. The van der Waals surface area contributed by atoms with Gasteiger partial charge in [0.25, 0.3) is 5.82 Å². The summed E-state index contributed by atoms with van der Waals surface area (Å²) in [4.78, 5) is 28.8. The fourth-order valence-corrected chi connectivity index (χ4v) is 3.52. The summed E-state index contributed by atoms with van der Waals surface area (Å²) in [6.45, 7) is 2.00. The molecule has 25 heavy (non-hydrogen) atoms. The molecule has 1 aliphatic carbocycles. The molecule has 7 nitrogen and oxygen atoms in total. The minimum absolute atomic E-state index is 0.0177. The van der Waals surface area contributed by atoms with E-state index in [1.54, 1.807) is 4.68 Å². The Morgan fingerprint density at radius 2 is 2.12 bits per heavy atom. The van der Waals surface area contributed by atoms with E-state index in [2.05, 4.69) is 15.4 Å². The van der Waals surface area contributed by atoms with Gasteiger partial charge in [0.1, 0.15) is 6.04 Å². The van der Waals surface area contributed by atoms with Gasteiger partial charge in [0.05, 0.1) is 7.11 Å². The molecule has 2 aliphatic rings. The number of allylic oxidation sites excluding steroid dienone is 2. The second-order valence-corrected chi connectivity index (χ2v) is 6.25. The number of aryl methyl sites for hydroxylation is 1. The van der Waals surface area contributed by atoms with E-state index in [0.717, 1.165) is 35.2 Å². The average Bonchev–Trinajstić information content (AvgIpc) is 3.04. The minimum atomic E-state index is -0.600. The number of carbonyl (C=O) groups is 2. The molecular weight excluding hydrogens is 320 g/mol. The Morgan fingerprint density at radius 1 is 1.32 bits per heavy atom. The monoisotopic (exact) mass is 338 g/mol. The van der Waals surface area contributed by atoms with E-state index >= 15 is 0 Å². The van der Waals surface area contributed by atoms with Gasteiger partial charge in [0.15, 0.2) is 5.78 Å². The molecular formula is C18H18N4O3. The average molecular weight is 338 g/mol. The number of nitrogens with zero attached hydrogens (tertiary/aromatic N) is 3. The highest BCUT2D eigenvalue weighted by atomic mass is 16.5. The summed E-state index contributed by atoms with van der Waals surface area (Å²) in [5.41, 5.74) is 3.63. The third kappa shape index (κ3) is 2.43. The zero-order chi connectivity index (χ0) is 17.6. The highest BCUT2D eigenvalue weighted by Gasteiger charge is 2.37. The second-order valence-electron chi connectivity index (χ2n) is 6.25. The second kappa shape index (κ2) is 5.84. The topological polar surface area (TPSA) is 86.1 Å². The van der Waals surface area contributed by atoms with Gasteiger partial charge in [0, 0.05) is 17.7 Å². The molecule has 0 radical (unpaired) electrons. The Bertz CT molecular complexity index is 913. The van der Waals surface area contributed by atoms with Gasteiger partial charge in [-0.25, -0.2) is 9.48 Å². The number of esters is 1. The molecule has 4 rings (SSSR count). The zero-order valence-corrected chi connectivity index (χ0v) is 14.1. The quantitative estimate of drug-likeness (QED) is 0.846. The van der Waals surface area contributed by atoms with Gasteiger partial charge < -0.3 is 10.1 Å². The first-order valence-corrected chi connectivity index (χ1v) is 8.24. The number of methoxy groups -OCH3 is 1. The molecule has 0 fully saturated rings. The molecule has 0 saturated carbocycles. The molecule has 7 heteroatoms. The fourth-order valence-electron chi connectivity index (χ4n) is 3.52. The molecule has 1 atom stereocenters. The molecule has 1 aromatic heterocycles. The van der Waals surface area contributed by atoms with E-state index in [4.69, 9.17) is 4.74 Å². The summed E-state index contributed by atoms with van der Waals surface area (Å²) in [6.07, 6.45) is 2.11. The Balaban J connectivity index is 1.93. The predicted molar refractivity (Wildman–Crippen MR) is 90.2 cm³/mol. The number of Topliss-reactive ketones (excluding diaryl/α,β-unsaturated/α-hetero) is 1. The molecule has 2 heterocycles. The highest BCUT2D eigenvalue weighted by molar-refractivity contribution is 5.99. The van der Waals surface area contributed by atoms with Crippen LogP contribution in [0.5, 0.6) is 0 Å². The number of rotatable bonds is 2. The summed E-state index contributed by atoms with van der Waals surface area (Å²) in [6, 6.07) is 7.51. The highest BCUT2D eigenvalue weighted by Crippen LogP contribution is 2.40. The standard InChI is InChI=1S/C18H18N4O3/c1-10-6-3-4-7-11(10)15-14-12(8-5-9-13(14)23)19-18-20-16(17(24)25-2)21-22(15)18/h3-4,6-7,15H,5,8-9H2,1-2H3,(H,19,20,21). The first-order chi connectivity index (χ1) is 12.1. The smallest absolute Gasteiger partial charge is 0.378 e. The minimum Gasteiger partial charge on any atom is -0.463 e. The summed E-state index contributed by atoms with van der Waals surface area (Å²) in [7, 11) is 1.29. The molecule has 128 valence electrons. The van der Waals surface area contributed by atoms with Crippen LogP contribution in [0.1, 0.15) is 47.1 Å². The number of aromatic nitrogens is 3. The Hall–Kier alpha value is -2.96. The van der Waals surface area contributed by atoms with Gasteiger partial charge >= 0.3 is 5.97 Å². The summed E-state index contributed by atoms with van der Waals surface area (Å²) in [5.74, 6) is -0.0442. The van der Waals surface area contributed by atoms with Gasteiger partial charge in [-0.1, -0.05) is 24.3 Å². The summed E-state index contributed by atoms with van der Waals surface area (Å²) in [5, 5.41) is 7.52. The van der Waals surface area contributed by atoms with E-state index < -0.39 is 5.97 Å². The van der Waals surface area contributed by atoms with Crippen LogP contribution < -0.4 is 5.32 Å². The Kier molecular flexibility index (Phi) is 3.63. The SMILES string of the molecule is COC(=O)c1nc2n(n1)C(c1ccccc1C)C1=C(CCCC1=O)N2. The van der Waals surface area contributed by atoms with Crippen molar-refractivity contribution in [2.75, 3.05) is 12.4 Å². The first kappa shape index (κ1) is 15.6. The van der Waals surface area contributed by atoms with Crippen molar-refractivity contribution in [3.63, 3.8) is 0 Å². The lowest BCUT2D eigenvalue weighted by atomic mass is 9.84. The molecule has 1 aromatic carbocycles.